The SMILES string of the molecule is O=CCCCCN1CC[N]([Hg])CC1. The number of hydrogen-bond acceptors (Lipinski definition) is 3. The molecule has 1 rings (SSSR count). The Morgan fingerprint density at radius 3 is 2.46 bits per heavy atom. The molecule has 1 saturated heterocycles. The van der Waals surface area contributed by atoms with E-state index in [2.05, 4.69) is 7.56 Å². The third kappa shape index (κ3) is 5.08. The van der Waals surface area contributed by atoms with E-state index < -0.39 is 0 Å². The van der Waals surface area contributed by atoms with Crippen LogP contribution in [0, 0.1) is 0 Å². The molecule has 0 spiro atoms. The van der Waals surface area contributed by atoms with Crippen LogP contribution in [0.1, 0.15) is 19.3 Å². The van der Waals surface area contributed by atoms with Crippen molar-refractivity contribution in [3.05, 3.63) is 0 Å². The van der Waals surface area contributed by atoms with Crippen LogP contribution in [0.25, 0.3) is 0 Å². The molecule has 0 radical (unpaired) electrons. The minimum absolute atomic E-state index is 0.740. The summed E-state index contributed by atoms with van der Waals surface area (Å²) >= 11 is 0.824. The Hall–Kier alpha value is 0.525. The number of hydrogen-bond donors (Lipinski definition) is 0. The van der Waals surface area contributed by atoms with Crippen LogP contribution in [0.3, 0.4) is 0 Å². The molecule has 0 bridgehead atoms. The fourth-order valence-corrected chi connectivity index (χ4v) is 2.68. The first-order valence-corrected chi connectivity index (χ1v) is 7.50. The Balaban J connectivity index is 1.99. The third-order valence-corrected chi connectivity index (χ3v) is 4.97. The first-order chi connectivity index (χ1) is 6.33. The van der Waals surface area contributed by atoms with Crippen LogP contribution in [0.15, 0.2) is 0 Å². The van der Waals surface area contributed by atoms with Gasteiger partial charge in [-0.2, -0.15) is 0 Å². The van der Waals surface area contributed by atoms with Gasteiger partial charge in [-0.3, -0.25) is 0 Å². The van der Waals surface area contributed by atoms with Gasteiger partial charge in [-0.1, -0.05) is 0 Å². The Morgan fingerprint density at radius 1 is 1.15 bits per heavy atom. The zero-order chi connectivity index (χ0) is 9.52. The average molecular weight is 370 g/mol. The molecule has 0 atom stereocenters. The topological polar surface area (TPSA) is 23.6 Å². The molecule has 0 N–H and O–H groups in total. The molecule has 1 heterocycles. The molecular weight excluding hydrogens is 353 g/mol. The van der Waals surface area contributed by atoms with Crippen LogP contribution in [-0.4, -0.2) is 46.6 Å². The summed E-state index contributed by atoms with van der Waals surface area (Å²) in [6.45, 7) is 6.22. The fraction of sp³-hybridized carbons (Fsp3) is 0.889. The maximum absolute atomic E-state index is 10.1. The zero-order valence-corrected chi connectivity index (χ0v) is 13.7. The van der Waals surface area contributed by atoms with Gasteiger partial charge in [-0.25, -0.2) is 0 Å². The molecule has 0 saturated carbocycles. The summed E-state index contributed by atoms with van der Waals surface area (Å²) in [7, 11) is 0. The van der Waals surface area contributed by atoms with Crippen LogP contribution >= 0.6 is 0 Å². The molecule has 0 aromatic carbocycles. The standard InChI is InChI=1S/C9H17N2O.Hg/c12-9-3-1-2-6-11-7-4-10-5-8-11;/h9H,1-8H2;/q-1;+1. The van der Waals surface area contributed by atoms with Gasteiger partial charge in [0.15, 0.2) is 0 Å². The molecule has 0 aromatic heterocycles. The van der Waals surface area contributed by atoms with Crippen molar-refractivity contribution >= 4 is 6.29 Å². The van der Waals surface area contributed by atoms with Crippen LogP contribution in [-0.2, 0) is 31.2 Å². The van der Waals surface area contributed by atoms with Gasteiger partial charge < -0.3 is 0 Å². The van der Waals surface area contributed by atoms with Gasteiger partial charge in [0.25, 0.3) is 0 Å². The summed E-state index contributed by atoms with van der Waals surface area (Å²) < 4.78 is 2.56. The summed E-state index contributed by atoms with van der Waals surface area (Å²) in [5.41, 5.74) is 0. The quantitative estimate of drug-likeness (QED) is 0.399. The van der Waals surface area contributed by atoms with Gasteiger partial charge in [0.2, 0.25) is 0 Å². The van der Waals surface area contributed by atoms with E-state index in [4.69, 9.17) is 0 Å². The van der Waals surface area contributed by atoms with Crippen LogP contribution in [0.2, 0.25) is 0 Å². The Kier molecular flexibility index (Phi) is 6.16. The van der Waals surface area contributed by atoms with Crippen molar-refractivity contribution < 1.29 is 31.2 Å². The monoisotopic (exact) mass is 371 g/mol. The molecule has 1 fully saturated rings. The van der Waals surface area contributed by atoms with Gasteiger partial charge >= 0.3 is 97.1 Å². The Labute approximate surface area is 96.9 Å². The van der Waals surface area contributed by atoms with Gasteiger partial charge in [-0.05, 0) is 0 Å². The molecule has 0 amide bonds. The third-order valence-electron chi connectivity index (χ3n) is 2.51. The molecular formula is C9H17HgN2O. The van der Waals surface area contributed by atoms with Crippen molar-refractivity contribution in [2.24, 2.45) is 0 Å². The van der Waals surface area contributed by atoms with Crippen LogP contribution < -0.4 is 0 Å². The first-order valence-electron chi connectivity index (χ1n) is 5.04. The molecule has 71 valence electrons. The second kappa shape index (κ2) is 6.90. The van der Waals surface area contributed by atoms with E-state index in [1.165, 1.54) is 39.1 Å². The number of aldehydes is 1. The number of piperazine rings is 1. The molecule has 1 aliphatic heterocycles. The van der Waals surface area contributed by atoms with E-state index in [9.17, 15) is 4.79 Å². The van der Waals surface area contributed by atoms with Crippen LogP contribution in [0.4, 0.5) is 0 Å². The summed E-state index contributed by atoms with van der Waals surface area (Å²) in [4.78, 5) is 12.6. The first kappa shape index (κ1) is 11.6. The molecule has 0 aromatic rings. The van der Waals surface area contributed by atoms with E-state index in [1.54, 1.807) is 0 Å². The van der Waals surface area contributed by atoms with E-state index in [0.29, 0.717) is 0 Å². The maximum atomic E-state index is 10.1. The molecule has 1 aliphatic rings. The number of carbonyl (C=O) groups excluding carboxylic acids is 1. The second-order valence-electron chi connectivity index (χ2n) is 3.62. The van der Waals surface area contributed by atoms with Crippen molar-refractivity contribution in [1.82, 2.24) is 7.56 Å². The predicted octanol–water partition coefficient (Wildman–Crippen LogP) is 0.435. The van der Waals surface area contributed by atoms with Crippen molar-refractivity contribution in [2.45, 2.75) is 19.3 Å². The number of rotatable bonds is 5. The number of nitrogens with zero attached hydrogens (tertiary/aromatic N) is 2. The van der Waals surface area contributed by atoms with E-state index in [-0.39, 0.29) is 0 Å². The summed E-state index contributed by atoms with van der Waals surface area (Å²) in [5.74, 6) is 0. The van der Waals surface area contributed by atoms with Crippen molar-refractivity contribution in [2.75, 3.05) is 32.7 Å². The minimum atomic E-state index is 0.740. The molecule has 0 aliphatic carbocycles. The van der Waals surface area contributed by atoms with E-state index >= 15 is 0 Å². The summed E-state index contributed by atoms with van der Waals surface area (Å²) in [6.07, 6.45) is 4.01. The predicted molar refractivity (Wildman–Crippen MR) is 47.9 cm³/mol. The van der Waals surface area contributed by atoms with Gasteiger partial charge in [0.05, 0.1) is 0 Å². The van der Waals surface area contributed by atoms with Gasteiger partial charge in [0.1, 0.15) is 0 Å². The second-order valence-corrected chi connectivity index (χ2v) is 7.10. The van der Waals surface area contributed by atoms with E-state index in [1.807, 2.05) is 0 Å². The Bertz CT molecular complexity index is 147. The number of carbonyl (C=O) groups is 1. The number of unbranched alkanes of at least 4 members (excludes halogenated alkanes) is 2. The Morgan fingerprint density at radius 2 is 1.85 bits per heavy atom. The van der Waals surface area contributed by atoms with Crippen molar-refractivity contribution in [3.63, 3.8) is 0 Å². The molecule has 0 unspecified atom stereocenters. The van der Waals surface area contributed by atoms with Crippen molar-refractivity contribution in [3.8, 4) is 0 Å². The molecule has 3 nitrogen and oxygen atoms in total. The van der Waals surface area contributed by atoms with Crippen molar-refractivity contribution in [1.29, 1.82) is 0 Å². The fourth-order valence-electron chi connectivity index (χ4n) is 1.58. The normalized spacial score (nSPS) is 20.5. The van der Waals surface area contributed by atoms with Gasteiger partial charge in [-0.15, -0.1) is 0 Å². The zero-order valence-electron chi connectivity index (χ0n) is 8.24. The van der Waals surface area contributed by atoms with Crippen LogP contribution in [0.5, 0.6) is 0 Å². The van der Waals surface area contributed by atoms with Gasteiger partial charge in [0, 0.05) is 0 Å². The van der Waals surface area contributed by atoms with E-state index in [0.717, 1.165) is 45.6 Å². The molecule has 4 heteroatoms. The average Bonchev–Trinajstić information content (AvgIpc) is 2.15. The summed E-state index contributed by atoms with van der Waals surface area (Å²) in [5, 5.41) is 0. The molecule has 13 heavy (non-hydrogen) atoms. The summed E-state index contributed by atoms with van der Waals surface area (Å²) in [6, 6.07) is 0.